The molecule has 1 aliphatic rings. The molecular weight excluding hydrogens is 807 g/mol. The maximum atomic E-state index is 2.49. The summed E-state index contributed by atoms with van der Waals surface area (Å²) in [6, 6.07) is 85.6. The van der Waals surface area contributed by atoms with Crippen molar-refractivity contribution in [1.29, 1.82) is 0 Å². The summed E-state index contributed by atoms with van der Waals surface area (Å²) >= 11 is 0. The Bertz CT molecular complexity index is 4100. The highest BCUT2D eigenvalue weighted by Crippen LogP contribution is 2.43. The zero-order chi connectivity index (χ0) is 44.0. The highest BCUT2D eigenvalue weighted by atomic mass is 15.0. The normalized spacial score (nSPS) is 12.7. The van der Waals surface area contributed by atoms with Crippen LogP contribution in [0.3, 0.4) is 0 Å². The lowest BCUT2D eigenvalue weighted by atomic mass is 9.89. The first-order valence-electron chi connectivity index (χ1n) is 23.5. The van der Waals surface area contributed by atoms with E-state index in [-0.39, 0.29) is 0 Å². The predicted molar refractivity (Wildman–Crippen MR) is 287 cm³/mol. The molecule has 0 spiro atoms. The van der Waals surface area contributed by atoms with Crippen LogP contribution in [0.5, 0.6) is 0 Å². The highest BCUT2D eigenvalue weighted by molar-refractivity contribution is 6.27. The molecule has 14 rings (SSSR count). The van der Waals surface area contributed by atoms with Gasteiger partial charge in [-0.25, -0.2) is 0 Å². The fourth-order valence-electron chi connectivity index (χ4n) is 11.5. The Morgan fingerprint density at radius 1 is 0.254 bits per heavy atom. The third-order valence-corrected chi connectivity index (χ3v) is 14.7. The van der Waals surface area contributed by atoms with E-state index in [0.717, 1.165) is 12.8 Å². The molecule has 1 heterocycles. The van der Waals surface area contributed by atoms with Crippen LogP contribution in [-0.4, -0.2) is 4.57 Å². The van der Waals surface area contributed by atoms with Crippen LogP contribution in [0.15, 0.2) is 231 Å². The molecule has 312 valence electrons. The molecule has 0 N–H and O–H groups in total. The van der Waals surface area contributed by atoms with E-state index in [0.29, 0.717) is 0 Å². The van der Waals surface area contributed by atoms with Gasteiger partial charge in [0.15, 0.2) is 0 Å². The van der Waals surface area contributed by atoms with Gasteiger partial charge in [-0.2, -0.15) is 0 Å². The second-order valence-corrected chi connectivity index (χ2v) is 18.3. The average Bonchev–Trinajstić information content (AvgIpc) is 3.74. The third kappa shape index (κ3) is 6.02. The van der Waals surface area contributed by atoms with Crippen LogP contribution >= 0.6 is 0 Å². The molecule has 13 aromatic rings. The molecule has 67 heavy (non-hydrogen) atoms. The first kappa shape index (κ1) is 37.8. The summed E-state index contributed by atoms with van der Waals surface area (Å²) in [4.78, 5) is 0. The quantitative estimate of drug-likeness (QED) is 0.152. The van der Waals surface area contributed by atoms with Crippen LogP contribution in [0.25, 0.3) is 126 Å². The Kier molecular flexibility index (Phi) is 8.48. The van der Waals surface area contributed by atoms with Crippen LogP contribution < -0.4 is 0 Å². The third-order valence-electron chi connectivity index (χ3n) is 14.7. The molecule has 0 unspecified atom stereocenters. The molecule has 1 aromatic heterocycles. The molecule has 1 heteroatoms. The maximum Gasteiger partial charge on any atom is 0.0538 e. The van der Waals surface area contributed by atoms with Gasteiger partial charge in [0.1, 0.15) is 0 Å². The molecule has 0 amide bonds. The van der Waals surface area contributed by atoms with E-state index >= 15 is 0 Å². The van der Waals surface area contributed by atoms with Gasteiger partial charge in [0, 0.05) is 22.3 Å². The molecule has 0 bridgehead atoms. The number of benzene rings is 12. The first-order chi connectivity index (χ1) is 33.2. The van der Waals surface area contributed by atoms with E-state index in [2.05, 4.69) is 241 Å². The summed E-state index contributed by atoms with van der Waals surface area (Å²) in [7, 11) is 0. The number of aromatic nitrogens is 1. The summed E-state index contributed by atoms with van der Waals surface area (Å²) in [5, 5.41) is 16.9. The average molecular weight is 850 g/mol. The number of rotatable bonds is 5. The van der Waals surface area contributed by atoms with E-state index in [1.54, 1.807) is 0 Å². The minimum atomic E-state index is 0.971. The molecule has 0 saturated heterocycles. The van der Waals surface area contributed by atoms with Crippen molar-refractivity contribution in [1.82, 2.24) is 4.57 Å². The van der Waals surface area contributed by atoms with Gasteiger partial charge in [-0.05, 0) is 164 Å². The number of fused-ring (bicyclic) bond motifs is 15. The van der Waals surface area contributed by atoms with Crippen molar-refractivity contribution < 1.29 is 0 Å². The van der Waals surface area contributed by atoms with Crippen molar-refractivity contribution in [3.63, 3.8) is 0 Å². The molecule has 1 nitrogen and oxygen atoms in total. The Morgan fingerprint density at radius 2 is 0.597 bits per heavy atom. The van der Waals surface area contributed by atoms with E-state index in [9.17, 15) is 0 Å². The van der Waals surface area contributed by atoms with Crippen LogP contribution in [0.2, 0.25) is 0 Å². The van der Waals surface area contributed by atoms with Crippen LogP contribution in [0.4, 0.5) is 0 Å². The SMILES string of the molecule is C1=C(c2ccc(-c3ccc4c5ccccc5c5ccccc5c4c3)cc2)CCc2c1c1cc(-c3ccc(-c4ccc5c6ccccc6c6ccccc6c5c4)cc3)ccc1n2-c1ccccc1. The topological polar surface area (TPSA) is 4.93 Å². The Labute approximate surface area is 389 Å². The lowest BCUT2D eigenvalue weighted by Gasteiger charge is -2.18. The summed E-state index contributed by atoms with van der Waals surface area (Å²) in [5.41, 5.74) is 15.2. The lowest BCUT2D eigenvalue weighted by molar-refractivity contribution is 0.898. The molecule has 0 saturated carbocycles. The minimum absolute atomic E-state index is 0.971. The molecule has 1 aliphatic carbocycles. The van der Waals surface area contributed by atoms with Gasteiger partial charge < -0.3 is 4.57 Å². The fourth-order valence-corrected chi connectivity index (χ4v) is 11.5. The van der Waals surface area contributed by atoms with Crippen LogP contribution in [-0.2, 0) is 6.42 Å². The highest BCUT2D eigenvalue weighted by Gasteiger charge is 2.23. The number of hydrogen-bond donors (Lipinski definition) is 0. The zero-order valence-electron chi connectivity index (χ0n) is 36.9. The Morgan fingerprint density at radius 3 is 1.04 bits per heavy atom. The maximum absolute atomic E-state index is 2.49. The monoisotopic (exact) mass is 849 g/mol. The van der Waals surface area contributed by atoms with Crippen LogP contribution in [0, 0.1) is 0 Å². The van der Waals surface area contributed by atoms with Gasteiger partial charge in [0.2, 0.25) is 0 Å². The van der Waals surface area contributed by atoms with Crippen molar-refractivity contribution in [3.8, 4) is 39.1 Å². The van der Waals surface area contributed by atoms with E-state index in [1.807, 2.05) is 0 Å². The second-order valence-electron chi connectivity index (χ2n) is 18.3. The van der Waals surface area contributed by atoms with Crippen molar-refractivity contribution in [3.05, 3.63) is 247 Å². The summed E-state index contributed by atoms with van der Waals surface area (Å²) < 4.78 is 2.49. The van der Waals surface area contributed by atoms with Gasteiger partial charge >= 0.3 is 0 Å². The number of hydrogen-bond acceptors (Lipinski definition) is 0. The van der Waals surface area contributed by atoms with Gasteiger partial charge in [-0.1, -0.05) is 194 Å². The lowest BCUT2D eigenvalue weighted by Crippen LogP contribution is -2.05. The van der Waals surface area contributed by atoms with Gasteiger partial charge in [-0.15, -0.1) is 0 Å². The molecule has 0 fully saturated rings. The number of allylic oxidation sites excluding steroid dienone is 1. The van der Waals surface area contributed by atoms with Gasteiger partial charge in [0.25, 0.3) is 0 Å². The molecule has 0 radical (unpaired) electrons. The van der Waals surface area contributed by atoms with Crippen molar-refractivity contribution >= 4 is 87.2 Å². The van der Waals surface area contributed by atoms with Gasteiger partial charge in [-0.3, -0.25) is 0 Å². The molecular formula is C66H43N. The molecule has 0 aliphatic heterocycles. The Balaban J connectivity index is 0.826. The number of para-hydroxylation sites is 1. The van der Waals surface area contributed by atoms with Crippen molar-refractivity contribution in [2.75, 3.05) is 0 Å². The zero-order valence-corrected chi connectivity index (χ0v) is 36.9. The van der Waals surface area contributed by atoms with Crippen molar-refractivity contribution in [2.24, 2.45) is 0 Å². The first-order valence-corrected chi connectivity index (χ1v) is 23.5. The fraction of sp³-hybridized carbons (Fsp3) is 0.0303. The predicted octanol–water partition coefficient (Wildman–Crippen LogP) is 18.0. The number of nitrogens with zero attached hydrogens (tertiary/aromatic N) is 1. The molecule has 0 atom stereocenters. The smallest absolute Gasteiger partial charge is 0.0538 e. The summed E-state index contributed by atoms with van der Waals surface area (Å²) in [6.07, 6.45) is 4.43. The summed E-state index contributed by atoms with van der Waals surface area (Å²) in [5.74, 6) is 0. The standard InChI is InChI=1S/C66H43N/c1-2-12-50(13-3-1)67-65-36-32-48(44-26-22-42(23-27-44)46-30-34-59-55-18-6-4-14-51(55)53-16-8-10-20-57(53)61(59)38-46)40-63(65)64-41-49(33-37-66(64)67)45-28-24-43(25-29-45)47-31-35-60-56-19-7-5-15-52(56)54-17-9-11-21-58(54)62(60)39-47/h1-32,34-36,38-41H,33,37H2. The van der Waals surface area contributed by atoms with Crippen LogP contribution in [0.1, 0.15) is 23.2 Å². The minimum Gasteiger partial charge on any atom is -0.313 e. The summed E-state index contributed by atoms with van der Waals surface area (Å²) in [6.45, 7) is 0. The van der Waals surface area contributed by atoms with Gasteiger partial charge in [0.05, 0.1) is 5.52 Å². The second kappa shape index (κ2) is 15.0. The van der Waals surface area contributed by atoms with E-state index in [4.69, 9.17) is 0 Å². The van der Waals surface area contributed by atoms with E-state index in [1.165, 1.54) is 137 Å². The van der Waals surface area contributed by atoms with Crippen molar-refractivity contribution in [2.45, 2.75) is 12.8 Å². The Hall–Kier alpha value is -8.52. The van der Waals surface area contributed by atoms with E-state index < -0.39 is 0 Å². The largest absolute Gasteiger partial charge is 0.313 e. The molecule has 12 aromatic carbocycles.